The number of likely N-dealkylation sites (N-methyl/N-ethyl adjacent to an activating group) is 1. The Balaban J connectivity index is 1.54. The number of benzene rings is 2. The molecule has 0 aliphatic carbocycles. The molecule has 0 bridgehead atoms. The number of morpholine rings is 1. The highest BCUT2D eigenvalue weighted by atomic mass is 16.5. The van der Waals surface area contributed by atoms with E-state index in [4.69, 9.17) is 4.74 Å². The molecule has 0 radical (unpaired) electrons. The van der Waals surface area contributed by atoms with Gasteiger partial charge in [-0.3, -0.25) is 9.59 Å². The molecule has 2 amide bonds. The molecule has 1 N–H and O–H groups in total. The first-order valence-electron chi connectivity index (χ1n) is 9.12. The molecule has 0 unspecified atom stereocenters. The molecule has 1 heterocycles. The zero-order valence-electron chi connectivity index (χ0n) is 15.6. The van der Waals surface area contributed by atoms with Crippen molar-refractivity contribution in [3.05, 3.63) is 65.7 Å². The van der Waals surface area contributed by atoms with E-state index in [2.05, 4.69) is 5.32 Å². The number of nitrogens with zero attached hydrogens (tertiary/aromatic N) is 2. The predicted molar refractivity (Wildman–Crippen MR) is 105 cm³/mol. The fraction of sp³-hybridized carbons (Fsp3) is 0.333. The third kappa shape index (κ3) is 5.31. The predicted octanol–water partition coefficient (Wildman–Crippen LogP) is 2.23. The Labute approximate surface area is 159 Å². The summed E-state index contributed by atoms with van der Waals surface area (Å²) in [6.45, 7) is 3.12. The third-order valence-corrected chi connectivity index (χ3v) is 4.54. The lowest BCUT2D eigenvalue weighted by Crippen LogP contribution is -2.40. The van der Waals surface area contributed by atoms with E-state index in [9.17, 15) is 9.59 Å². The van der Waals surface area contributed by atoms with E-state index in [-0.39, 0.29) is 18.4 Å². The summed E-state index contributed by atoms with van der Waals surface area (Å²) in [5, 5.41) is 3.12. The SMILES string of the molecule is CN(Cc1ccccc1)C(=O)CNc1cccc(C(=O)N2CCOCC2)c1. The molecule has 0 aromatic heterocycles. The standard InChI is InChI=1S/C21H25N3O3/c1-23(16-17-6-3-2-4-7-17)20(25)15-22-19-9-5-8-18(14-19)21(26)24-10-12-27-13-11-24/h2-9,14,22H,10-13,15-16H2,1H3. The van der Waals surface area contributed by atoms with Gasteiger partial charge in [0.15, 0.2) is 0 Å². The van der Waals surface area contributed by atoms with Crippen molar-refractivity contribution in [2.45, 2.75) is 6.54 Å². The highest BCUT2D eigenvalue weighted by Crippen LogP contribution is 2.14. The van der Waals surface area contributed by atoms with E-state index in [0.29, 0.717) is 38.4 Å². The summed E-state index contributed by atoms with van der Waals surface area (Å²) in [6, 6.07) is 17.2. The van der Waals surface area contributed by atoms with Gasteiger partial charge in [-0.25, -0.2) is 0 Å². The van der Waals surface area contributed by atoms with E-state index in [0.717, 1.165) is 11.3 Å². The topological polar surface area (TPSA) is 61.9 Å². The highest BCUT2D eigenvalue weighted by Gasteiger charge is 2.18. The van der Waals surface area contributed by atoms with Crippen molar-refractivity contribution in [3.63, 3.8) is 0 Å². The van der Waals surface area contributed by atoms with Gasteiger partial charge in [0.2, 0.25) is 5.91 Å². The summed E-state index contributed by atoms with van der Waals surface area (Å²) in [6.07, 6.45) is 0. The van der Waals surface area contributed by atoms with Crippen LogP contribution < -0.4 is 5.32 Å². The van der Waals surface area contributed by atoms with Crippen molar-refractivity contribution in [2.24, 2.45) is 0 Å². The van der Waals surface area contributed by atoms with E-state index < -0.39 is 0 Å². The molecule has 2 aromatic rings. The minimum absolute atomic E-state index is 0.00512. The molecular formula is C21H25N3O3. The minimum Gasteiger partial charge on any atom is -0.378 e. The van der Waals surface area contributed by atoms with Crippen LogP contribution >= 0.6 is 0 Å². The Morgan fingerprint density at radius 1 is 1.07 bits per heavy atom. The second-order valence-corrected chi connectivity index (χ2v) is 6.57. The Bertz CT molecular complexity index is 773. The van der Waals surface area contributed by atoms with Crippen LogP contribution in [0.1, 0.15) is 15.9 Å². The van der Waals surface area contributed by atoms with Gasteiger partial charge in [-0.2, -0.15) is 0 Å². The zero-order chi connectivity index (χ0) is 19.1. The maximum absolute atomic E-state index is 12.6. The first kappa shape index (κ1) is 18.9. The Morgan fingerprint density at radius 2 is 1.81 bits per heavy atom. The fourth-order valence-corrected chi connectivity index (χ4v) is 2.97. The van der Waals surface area contributed by atoms with Crippen LogP contribution in [0.15, 0.2) is 54.6 Å². The Hall–Kier alpha value is -2.86. The molecule has 27 heavy (non-hydrogen) atoms. The van der Waals surface area contributed by atoms with E-state index in [1.165, 1.54) is 0 Å². The summed E-state index contributed by atoms with van der Waals surface area (Å²) >= 11 is 0. The van der Waals surface area contributed by atoms with Gasteiger partial charge in [0.05, 0.1) is 19.8 Å². The second kappa shape index (κ2) is 9.19. The van der Waals surface area contributed by atoms with Crippen molar-refractivity contribution in [1.29, 1.82) is 0 Å². The number of carbonyl (C=O) groups excluding carboxylic acids is 2. The van der Waals surface area contributed by atoms with Gasteiger partial charge in [-0.1, -0.05) is 36.4 Å². The van der Waals surface area contributed by atoms with Gasteiger partial charge in [-0.15, -0.1) is 0 Å². The summed E-state index contributed by atoms with van der Waals surface area (Å²) in [5.41, 5.74) is 2.47. The average molecular weight is 367 g/mol. The lowest BCUT2D eigenvalue weighted by Gasteiger charge is -2.27. The van der Waals surface area contributed by atoms with Crippen LogP contribution in [0, 0.1) is 0 Å². The number of hydrogen-bond acceptors (Lipinski definition) is 4. The minimum atomic E-state index is -0.0104. The van der Waals surface area contributed by atoms with Crippen molar-refractivity contribution in [1.82, 2.24) is 9.80 Å². The molecule has 6 heteroatoms. The first-order valence-corrected chi connectivity index (χ1v) is 9.12. The van der Waals surface area contributed by atoms with Crippen LogP contribution in [0.25, 0.3) is 0 Å². The van der Waals surface area contributed by atoms with E-state index in [1.54, 1.807) is 29.0 Å². The number of ether oxygens (including phenoxy) is 1. The molecule has 1 fully saturated rings. The zero-order valence-corrected chi connectivity index (χ0v) is 15.6. The fourth-order valence-electron chi connectivity index (χ4n) is 2.97. The number of amides is 2. The van der Waals surface area contributed by atoms with E-state index >= 15 is 0 Å². The molecule has 3 rings (SSSR count). The maximum Gasteiger partial charge on any atom is 0.254 e. The van der Waals surface area contributed by atoms with Crippen LogP contribution in [-0.2, 0) is 16.1 Å². The Morgan fingerprint density at radius 3 is 2.56 bits per heavy atom. The summed E-state index contributed by atoms with van der Waals surface area (Å²) < 4.78 is 5.29. The van der Waals surface area contributed by atoms with Gasteiger partial charge in [0.25, 0.3) is 5.91 Å². The van der Waals surface area contributed by atoms with Crippen LogP contribution in [0.5, 0.6) is 0 Å². The van der Waals surface area contributed by atoms with Crippen molar-refractivity contribution in [2.75, 3.05) is 45.2 Å². The van der Waals surface area contributed by atoms with Crippen molar-refractivity contribution >= 4 is 17.5 Å². The molecule has 1 saturated heterocycles. The number of carbonyl (C=O) groups is 2. The largest absolute Gasteiger partial charge is 0.378 e. The van der Waals surface area contributed by atoms with Crippen molar-refractivity contribution in [3.8, 4) is 0 Å². The molecule has 2 aromatic carbocycles. The van der Waals surface area contributed by atoms with Gasteiger partial charge in [-0.05, 0) is 23.8 Å². The number of anilines is 1. The number of rotatable bonds is 6. The molecule has 1 aliphatic heterocycles. The molecule has 0 atom stereocenters. The van der Waals surface area contributed by atoms with Gasteiger partial charge in [0, 0.05) is 37.9 Å². The Kier molecular flexibility index (Phi) is 6.44. The normalized spacial score (nSPS) is 13.9. The maximum atomic E-state index is 12.6. The lowest BCUT2D eigenvalue weighted by atomic mass is 10.1. The number of nitrogens with one attached hydrogen (secondary N) is 1. The van der Waals surface area contributed by atoms with Gasteiger partial charge >= 0.3 is 0 Å². The van der Waals surface area contributed by atoms with E-state index in [1.807, 2.05) is 42.5 Å². The summed E-state index contributed by atoms with van der Waals surface area (Å²) in [4.78, 5) is 28.4. The monoisotopic (exact) mass is 367 g/mol. The van der Waals surface area contributed by atoms with Crippen LogP contribution in [0.2, 0.25) is 0 Å². The first-order chi connectivity index (χ1) is 13.1. The average Bonchev–Trinajstić information content (AvgIpc) is 2.73. The van der Waals surface area contributed by atoms with Crippen LogP contribution in [0.4, 0.5) is 5.69 Å². The lowest BCUT2D eigenvalue weighted by molar-refractivity contribution is -0.128. The molecule has 0 saturated carbocycles. The molecule has 1 aliphatic rings. The van der Waals surface area contributed by atoms with Crippen LogP contribution in [-0.4, -0.2) is 61.5 Å². The smallest absolute Gasteiger partial charge is 0.254 e. The van der Waals surface area contributed by atoms with Crippen molar-refractivity contribution < 1.29 is 14.3 Å². The molecular weight excluding hydrogens is 342 g/mol. The summed E-state index contributed by atoms with van der Waals surface area (Å²) in [7, 11) is 1.79. The van der Waals surface area contributed by atoms with Gasteiger partial charge < -0.3 is 19.9 Å². The third-order valence-electron chi connectivity index (χ3n) is 4.54. The molecule has 142 valence electrons. The molecule has 0 spiro atoms. The van der Waals surface area contributed by atoms with Gasteiger partial charge in [0.1, 0.15) is 0 Å². The molecule has 6 nitrogen and oxygen atoms in total. The number of hydrogen-bond donors (Lipinski definition) is 1. The quantitative estimate of drug-likeness (QED) is 0.851. The second-order valence-electron chi connectivity index (χ2n) is 6.57. The van der Waals surface area contributed by atoms with Crippen LogP contribution in [0.3, 0.4) is 0 Å². The summed E-state index contributed by atoms with van der Waals surface area (Å²) in [5.74, 6) is -0.0155. The highest BCUT2D eigenvalue weighted by molar-refractivity contribution is 5.95.